The molecule has 0 aliphatic heterocycles. The molecule has 0 aliphatic rings. The maximum Gasteiger partial charge on any atom is 0.0888 e. The summed E-state index contributed by atoms with van der Waals surface area (Å²) in [5, 5.41) is 3.36. The predicted octanol–water partition coefficient (Wildman–Crippen LogP) is 2.74. The van der Waals surface area contributed by atoms with Crippen LogP contribution in [0.15, 0.2) is 42.7 Å². The van der Waals surface area contributed by atoms with Crippen molar-refractivity contribution < 1.29 is 4.74 Å². The molecule has 4 heteroatoms. The van der Waals surface area contributed by atoms with Gasteiger partial charge >= 0.3 is 0 Å². The largest absolute Gasteiger partial charge is 0.375 e. The lowest BCUT2D eigenvalue weighted by Crippen LogP contribution is -2.14. The Labute approximate surface area is 126 Å². The van der Waals surface area contributed by atoms with Gasteiger partial charge in [-0.25, -0.2) is 0 Å². The molecule has 0 radical (unpaired) electrons. The Morgan fingerprint density at radius 1 is 1.10 bits per heavy atom. The minimum Gasteiger partial charge on any atom is -0.375 e. The summed E-state index contributed by atoms with van der Waals surface area (Å²) in [7, 11) is 0. The minimum absolute atomic E-state index is 0.551. The van der Waals surface area contributed by atoms with Gasteiger partial charge in [0.15, 0.2) is 0 Å². The third-order valence-corrected chi connectivity index (χ3v) is 3.12. The fraction of sp³-hybridized carbons (Fsp3) is 0.412. The topological polar surface area (TPSA) is 47.0 Å². The van der Waals surface area contributed by atoms with Gasteiger partial charge in [0.2, 0.25) is 0 Å². The third-order valence-electron chi connectivity index (χ3n) is 3.12. The van der Waals surface area contributed by atoms with Crippen LogP contribution in [0, 0.1) is 0 Å². The quantitative estimate of drug-likeness (QED) is 0.720. The first-order chi connectivity index (χ1) is 10.4. The fourth-order valence-corrected chi connectivity index (χ4v) is 1.95. The third kappa shape index (κ3) is 6.02. The molecule has 0 aromatic carbocycles. The molecule has 2 aromatic heterocycles. The van der Waals surface area contributed by atoms with Gasteiger partial charge in [-0.2, -0.15) is 0 Å². The average molecular weight is 285 g/mol. The van der Waals surface area contributed by atoms with Crippen molar-refractivity contribution in [3.8, 4) is 0 Å². The Balaban J connectivity index is 1.66. The Kier molecular flexibility index (Phi) is 6.84. The first kappa shape index (κ1) is 15.6. The number of nitrogens with one attached hydrogen (secondary N) is 1. The SMILES string of the molecule is CCCNCc1ccc(COCCc2ccccn2)nc1. The Morgan fingerprint density at radius 3 is 2.76 bits per heavy atom. The second-order valence-electron chi connectivity index (χ2n) is 4.96. The van der Waals surface area contributed by atoms with Crippen molar-refractivity contribution in [2.75, 3.05) is 13.2 Å². The van der Waals surface area contributed by atoms with Crippen LogP contribution in [0.1, 0.15) is 30.3 Å². The highest BCUT2D eigenvalue weighted by Gasteiger charge is 1.98. The van der Waals surface area contributed by atoms with Crippen molar-refractivity contribution in [2.45, 2.75) is 32.9 Å². The van der Waals surface area contributed by atoms with Crippen LogP contribution in [0.25, 0.3) is 0 Å². The van der Waals surface area contributed by atoms with Gasteiger partial charge in [0.05, 0.1) is 18.9 Å². The highest BCUT2D eigenvalue weighted by atomic mass is 16.5. The molecule has 0 saturated carbocycles. The van der Waals surface area contributed by atoms with Gasteiger partial charge in [0.1, 0.15) is 0 Å². The number of rotatable bonds is 9. The highest BCUT2D eigenvalue weighted by molar-refractivity contribution is 5.13. The van der Waals surface area contributed by atoms with Gasteiger partial charge in [0.25, 0.3) is 0 Å². The maximum absolute atomic E-state index is 5.64. The van der Waals surface area contributed by atoms with Gasteiger partial charge in [-0.1, -0.05) is 19.1 Å². The summed E-state index contributed by atoms with van der Waals surface area (Å²) in [6.45, 7) is 5.30. The molecule has 0 aliphatic carbocycles. The van der Waals surface area contributed by atoms with E-state index < -0.39 is 0 Å². The van der Waals surface area contributed by atoms with Crippen molar-refractivity contribution in [3.63, 3.8) is 0 Å². The molecule has 2 heterocycles. The van der Waals surface area contributed by atoms with Crippen LogP contribution in [-0.4, -0.2) is 23.1 Å². The average Bonchev–Trinajstić information content (AvgIpc) is 2.54. The molecule has 112 valence electrons. The van der Waals surface area contributed by atoms with E-state index in [1.807, 2.05) is 36.7 Å². The second-order valence-corrected chi connectivity index (χ2v) is 4.96. The zero-order chi connectivity index (χ0) is 14.8. The van der Waals surface area contributed by atoms with E-state index in [-0.39, 0.29) is 0 Å². The second kappa shape index (κ2) is 9.21. The van der Waals surface area contributed by atoms with E-state index in [2.05, 4.69) is 28.3 Å². The van der Waals surface area contributed by atoms with E-state index in [4.69, 9.17) is 4.74 Å². The summed E-state index contributed by atoms with van der Waals surface area (Å²) in [6.07, 6.45) is 5.71. The molecular weight excluding hydrogens is 262 g/mol. The maximum atomic E-state index is 5.64. The molecule has 0 unspecified atom stereocenters. The van der Waals surface area contributed by atoms with Crippen LogP contribution in [0.4, 0.5) is 0 Å². The smallest absolute Gasteiger partial charge is 0.0888 e. The van der Waals surface area contributed by atoms with Crippen LogP contribution >= 0.6 is 0 Å². The van der Waals surface area contributed by atoms with Crippen molar-refractivity contribution in [3.05, 3.63) is 59.7 Å². The van der Waals surface area contributed by atoms with Crippen LogP contribution in [-0.2, 0) is 24.3 Å². The van der Waals surface area contributed by atoms with Crippen molar-refractivity contribution in [1.29, 1.82) is 0 Å². The molecule has 0 fully saturated rings. The fourth-order valence-electron chi connectivity index (χ4n) is 1.95. The normalized spacial score (nSPS) is 10.7. The van der Waals surface area contributed by atoms with Crippen molar-refractivity contribution in [1.82, 2.24) is 15.3 Å². The first-order valence-electron chi connectivity index (χ1n) is 7.50. The van der Waals surface area contributed by atoms with Crippen LogP contribution < -0.4 is 5.32 Å². The zero-order valence-electron chi connectivity index (χ0n) is 12.6. The first-order valence-corrected chi connectivity index (χ1v) is 7.50. The molecular formula is C17H23N3O. The molecule has 1 N–H and O–H groups in total. The summed E-state index contributed by atoms with van der Waals surface area (Å²) in [5.41, 5.74) is 3.23. The molecule has 0 saturated heterocycles. The number of pyridine rings is 2. The summed E-state index contributed by atoms with van der Waals surface area (Å²) in [4.78, 5) is 8.69. The molecule has 0 amide bonds. The van der Waals surface area contributed by atoms with Crippen LogP contribution in [0.5, 0.6) is 0 Å². The highest BCUT2D eigenvalue weighted by Crippen LogP contribution is 2.03. The Morgan fingerprint density at radius 2 is 2.05 bits per heavy atom. The minimum atomic E-state index is 0.551. The number of aromatic nitrogens is 2. The molecule has 0 spiro atoms. The molecule has 2 rings (SSSR count). The van der Waals surface area contributed by atoms with E-state index in [1.165, 1.54) is 5.56 Å². The van der Waals surface area contributed by atoms with Crippen LogP contribution in [0.2, 0.25) is 0 Å². The Hall–Kier alpha value is -1.78. The summed E-state index contributed by atoms with van der Waals surface area (Å²) >= 11 is 0. The van der Waals surface area contributed by atoms with Gasteiger partial charge in [-0.15, -0.1) is 0 Å². The number of ether oxygens (including phenoxy) is 1. The number of hydrogen-bond acceptors (Lipinski definition) is 4. The van der Waals surface area contributed by atoms with E-state index in [9.17, 15) is 0 Å². The Bertz CT molecular complexity index is 499. The zero-order valence-corrected chi connectivity index (χ0v) is 12.6. The standard InChI is InChI=1S/C17H23N3O/c1-2-9-18-12-15-6-7-17(20-13-15)14-21-11-8-16-5-3-4-10-19-16/h3-7,10,13,18H,2,8-9,11-12,14H2,1H3. The number of nitrogens with zero attached hydrogens (tertiary/aromatic N) is 2. The molecule has 0 bridgehead atoms. The predicted molar refractivity (Wildman–Crippen MR) is 83.8 cm³/mol. The van der Waals surface area contributed by atoms with Gasteiger partial charge in [-0.3, -0.25) is 9.97 Å². The monoisotopic (exact) mass is 285 g/mol. The molecule has 4 nitrogen and oxygen atoms in total. The summed E-state index contributed by atoms with van der Waals surface area (Å²) in [6, 6.07) is 10.1. The van der Waals surface area contributed by atoms with Crippen molar-refractivity contribution >= 4 is 0 Å². The number of hydrogen-bond donors (Lipinski definition) is 1. The van der Waals surface area contributed by atoms with E-state index in [0.29, 0.717) is 13.2 Å². The lowest BCUT2D eigenvalue weighted by molar-refractivity contribution is 0.120. The lowest BCUT2D eigenvalue weighted by atomic mass is 10.2. The lowest BCUT2D eigenvalue weighted by Gasteiger charge is -2.06. The molecule has 21 heavy (non-hydrogen) atoms. The summed E-state index contributed by atoms with van der Waals surface area (Å²) < 4.78 is 5.64. The summed E-state index contributed by atoms with van der Waals surface area (Å²) in [5.74, 6) is 0. The van der Waals surface area contributed by atoms with Gasteiger partial charge in [-0.05, 0) is 36.7 Å². The van der Waals surface area contributed by atoms with E-state index in [1.54, 1.807) is 0 Å². The molecule has 0 atom stereocenters. The van der Waals surface area contributed by atoms with Crippen molar-refractivity contribution in [2.24, 2.45) is 0 Å². The van der Waals surface area contributed by atoms with Gasteiger partial charge < -0.3 is 10.1 Å². The van der Waals surface area contributed by atoms with Gasteiger partial charge in [0, 0.05) is 31.1 Å². The molecule has 2 aromatic rings. The van der Waals surface area contributed by atoms with E-state index in [0.717, 1.165) is 37.3 Å². The van der Waals surface area contributed by atoms with Crippen LogP contribution in [0.3, 0.4) is 0 Å². The van der Waals surface area contributed by atoms with E-state index >= 15 is 0 Å².